The van der Waals surface area contributed by atoms with Gasteiger partial charge in [-0.25, -0.2) is 0 Å². The summed E-state index contributed by atoms with van der Waals surface area (Å²) in [6.07, 6.45) is 19.8. The Morgan fingerprint density at radius 1 is 0.800 bits per heavy atom. The number of unbranched alkanes of at least 4 members (excludes halogenated alkanes) is 13. The number of ether oxygens (including phenoxy) is 1. The Balaban J connectivity index is 0. The fraction of sp³-hybridized carbons (Fsp3) is 0.810. The summed E-state index contributed by atoms with van der Waals surface area (Å²) >= 11 is 0. The van der Waals surface area contributed by atoms with E-state index < -0.39 is 5.97 Å². The molecule has 0 aliphatic carbocycles. The van der Waals surface area contributed by atoms with Gasteiger partial charge in [0.15, 0.2) is 0 Å². The van der Waals surface area contributed by atoms with Crippen LogP contribution in [0.5, 0.6) is 0 Å². The normalized spacial score (nSPS) is 9.84. The highest BCUT2D eigenvalue weighted by atomic mass is 16.5. The molecule has 25 heavy (non-hydrogen) atoms. The minimum Gasteiger partial charge on any atom is -0.481 e. The van der Waals surface area contributed by atoms with Crippen molar-refractivity contribution in [2.24, 2.45) is 0 Å². The van der Waals surface area contributed by atoms with Crippen molar-refractivity contribution in [3.05, 3.63) is 12.8 Å². The Morgan fingerprint density at radius 2 is 1.16 bits per heavy atom. The summed E-state index contributed by atoms with van der Waals surface area (Å²) < 4.78 is 4.17. The zero-order chi connectivity index (χ0) is 19.2. The Bertz CT molecular complexity index is 313. The highest BCUT2D eigenvalue weighted by molar-refractivity contribution is 5.66. The number of rotatable bonds is 16. The van der Waals surface area contributed by atoms with Gasteiger partial charge in [-0.05, 0) is 6.42 Å². The van der Waals surface area contributed by atoms with Crippen LogP contribution in [0.1, 0.15) is 110 Å². The summed E-state index contributed by atoms with van der Waals surface area (Å²) in [5.41, 5.74) is 0. The van der Waals surface area contributed by atoms with Gasteiger partial charge in [0, 0.05) is 13.3 Å². The Morgan fingerprint density at radius 3 is 1.40 bits per heavy atom. The molecule has 0 radical (unpaired) electrons. The van der Waals surface area contributed by atoms with Crippen LogP contribution in [-0.2, 0) is 14.3 Å². The summed E-state index contributed by atoms with van der Waals surface area (Å²) in [6.45, 7) is 6.74. The monoisotopic (exact) mass is 356 g/mol. The van der Waals surface area contributed by atoms with E-state index in [2.05, 4.69) is 18.2 Å². The molecule has 0 aromatic heterocycles. The summed E-state index contributed by atoms with van der Waals surface area (Å²) in [5, 5.41) is 8.50. The first-order valence-electron chi connectivity index (χ1n) is 10.0. The molecule has 0 rings (SSSR count). The molecule has 0 aromatic carbocycles. The van der Waals surface area contributed by atoms with Crippen LogP contribution in [0.25, 0.3) is 0 Å². The van der Waals surface area contributed by atoms with E-state index in [0.29, 0.717) is 6.42 Å². The fourth-order valence-corrected chi connectivity index (χ4v) is 2.59. The first-order chi connectivity index (χ1) is 12.0. The molecule has 0 bridgehead atoms. The van der Waals surface area contributed by atoms with E-state index in [4.69, 9.17) is 5.11 Å². The van der Waals surface area contributed by atoms with Gasteiger partial charge in [0.1, 0.15) is 0 Å². The topological polar surface area (TPSA) is 63.6 Å². The van der Waals surface area contributed by atoms with Crippen molar-refractivity contribution in [2.45, 2.75) is 110 Å². The third-order valence-corrected chi connectivity index (χ3v) is 3.99. The SMILES string of the molecule is C=COC(C)=O.CCCCCCCCCCCCCCCCC(=O)O. The third kappa shape index (κ3) is 31.0. The molecule has 0 fully saturated rings. The van der Waals surface area contributed by atoms with Crippen LogP contribution < -0.4 is 0 Å². The summed E-state index contributed by atoms with van der Waals surface area (Å²) in [4.78, 5) is 20.1. The van der Waals surface area contributed by atoms with Gasteiger partial charge in [-0.1, -0.05) is 97.0 Å². The highest BCUT2D eigenvalue weighted by Gasteiger charge is 1.96. The number of hydrogen-bond acceptors (Lipinski definition) is 3. The average molecular weight is 357 g/mol. The molecule has 0 aliphatic rings. The molecule has 0 aliphatic heterocycles. The summed E-state index contributed by atoms with van der Waals surface area (Å²) in [6, 6.07) is 0. The molecular weight excluding hydrogens is 316 g/mol. The predicted molar refractivity (Wildman–Crippen MR) is 105 cm³/mol. The van der Waals surface area contributed by atoms with Crippen molar-refractivity contribution < 1.29 is 19.4 Å². The van der Waals surface area contributed by atoms with Crippen molar-refractivity contribution in [1.82, 2.24) is 0 Å². The van der Waals surface area contributed by atoms with Crippen molar-refractivity contribution in [3.63, 3.8) is 0 Å². The molecule has 0 atom stereocenters. The molecule has 1 N–H and O–H groups in total. The molecule has 0 spiro atoms. The van der Waals surface area contributed by atoms with Gasteiger partial charge >= 0.3 is 11.9 Å². The predicted octanol–water partition coefficient (Wildman–Crippen LogP) is 6.64. The smallest absolute Gasteiger partial charge is 0.307 e. The molecule has 0 saturated heterocycles. The molecule has 0 saturated carbocycles. The van der Waals surface area contributed by atoms with Gasteiger partial charge in [-0.3, -0.25) is 9.59 Å². The molecule has 0 heterocycles. The van der Waals surface area contributed by atoms with E-state index in [1.807, 2.05) is 0 Å². The van der Waals surface area contributed by atoms with Gasteiger partial charge in [-0.15, -0.1) is 0 Å². The van der Waals surface area contributed by atoms with Crippen LogP contribution in [0.2, 0.25) is 0 Å². The van der Waals surface area contributed by atoms with Crippen LogP contribution in [0.4, 0.5) is 0 Å². The van der Waals surface area contributed by atoms with E-state index in [1.165, 1.54) is 84.0 Å². The minimum atomic E-state index is -0.654. The van der Waals surface area contributed by atoms with Crippen LogP contribution in [0.3, 0.4) is 0 Å². The van der Waals surface area contributed by atoms with Crippen LogP contribution in [0.15, 0.2) is 12.8 Å². The van der Waals surface area contributed by atoms with Crippen LogP contribution in [-0.4, -0.2) is 17.0 Å². The largest absolute Gasteiger partial charge is 0.481 e. The number of carbonyl (C=O) groups excluding carboxylic acids is 1. The first-order valence-corrected chi connectivity index (χ1v) is 10.0. The average Bonchev–Trinajstić information content (AvgIpc) is 2.55. The molecule has 0 amide bonds. The van der Waals surface area contributed by atoms with Crippen molar-refractivity contribution >= 4 is 11.9 Å². The minimum absolute atomic E-state index is 0.329. The highest BCUT2D eigenvalue weighted by Crippen LogP contribution is 2.13. The number of hydrogen-bond donors (Lipinski definition) is 1. The molecule has 0 unspecified atom stereocenters. The van der Waals surface area contributed by atoms with E-state index in [-0.39, 0.29) is 5.97 Å². The molecular formula is C21H40O4. The van der Waals surface area contributed by atoms with Crippen molar-refractivity contribution in [2.75, 3.05) is 0 Å². The van der Waals surface area contributed by atoms with E-state index in [1.54, 1.807) is 0 Å². The summed E-state index contributed by atoms with van der Waals surface area (Å²) in [7, 11) is 0. The Labute approximate surface area is 155 Å². The first kappa shape index (κ1) is 25.9. The lowest BCUT2D eigenvalue weighted by molar-refractivity contribution is -0.137. The lowest BCUT2D eigenvalue weighted by atomic mass is 10.0. The molecule has 148 valence electrons. The second-order valence-electron chi connectivity index (χ2n) is 6.52. The Kier molecular flexibility index (Phi) is 23.5. The number of carboxylic acids is 1. The maximum absolute atomic E-state index is 10.3. The van der Waals surface area contributed by atoms with E-state index in [9.17, 15) is 9.59 Å². The lowest BCUT2D eigenvalue weighted by Gasteiger charge is -2.02. The maximum atomic E-state index is 10.3. The van der Waals surface area contributed by atoms with Gasteiger partial charge in [0.05, 0.1) is 6.26 Å². The quantitative estimate of drug-likeness (QED) is 0.191. The Hall–Kier alpha value is -1.32. The van der Waals surface area contributed by atoms with Gasteiger partial charge in [-0.2, -0.15) is 0 Å². The maximum Gasteiger partial charge on any atom is 0.307 e. The summed E-state index contributed by atoms with van der Waals surface area (Å²) in [5.74, 6) is -0.982. The molecule has 4 heteroatoms. The van der Waals surface area contributed by atoms with Crippen molar-refractivity contribution in [3.8, 4) is 0 Å². The standard InChI is InChI=1S/C17H34O2.C4H6O2/c1-2-3-4-5-6-7-8-9-10-11-12-13-14-15-16-17(18)19;1-3-6-4(2)5/h2-16H2,1H3,(H,18,19);3H,1H2,2H3. The van der Waals surface area contributed by atoms with Crippen LogP contribution in [0, 0.1) is 0 Å². The van der Waals surface area contributed by atoms with Gasteiger partial charge in [0.2, 0.25) is 0 Å². The zero-order valence-corrected chi connectivity index (χ0v) is 16.6. The molecule has 4 nitrogen and oxygen atoms in total. The van der Waals surface area contributed by atoms with Gasteiger partial charge in [0.25, 0.3) is 0 Å². The van der Waals surface area contributed by atoms with E-state index >= 15 is 0 Å². The van der Waals surface area contributed by atoms with E-state index in [0.717, 1.165) is 19.1 Å². The lowest BCUT2D eigenvalue weighted by Crippen LogP contribution is -1.93. The fourth-order valence-electron chi connectivity index (χ4n) is 2.59. The van der Waals surface area contributed by atoms with Crippen molar-refractivity contribution in [1.29, 1.82) is 0 Å². The third-order valence-electron chi connectivity index (χ3n) is 3.99. The zero-order valence-electron chi connectivity index (χ0n) is 16.6. The second-order valence-corrected chi connectivity index (χ2v) is 6.52. The molecule has 0 aromatic rings. The number of esters is 1. The van der Waals surface area contributed by atoms with Crippen LogP contribution >= 0.6 is 0 Å². The van der Waals surface area contributed by atoms with Gasteiger partial charge < -0.3 is 9.84 Å². The second kappa shape index (κ2) is 22.7. The number of carboxylic acid groups (broad SMARTS) is 1. The number of carbonyl (C=O) groups is 2. The number of aliphatic carboxylic acids is 1.